The summed E-state index contributed by atoms with van der Waals surface area (Å²) in [6.07, 6.45) is -0.164. The first kappa shape index (κ1) is 20.8. The van der Waals surface area contributed by atoms with E-state index in [4.69, 9.17) is 9.47 Å². The molecule has 3 aromatic carbocycles. The summed E-state index contributed by atoms with van der Waals surface area (Å²) >= 11 is 0. The molecule has 1 aliphatic heterocycles. The second-order valence-corrected chi connectivity index (χ2v) is 13.0. The summed E-state index contributed by atoms with van der Waals surface area (Å²) in [6, 6.07) is 32.3. The standard InChI is InChI=1S/C26H29O3P/c1-26(2,23-19-24(27)29-25(23)28-3)30(20-13-7-4-8-14-20,21-15-9-5-10-16-21)22-17-11-6-12-18-22/h4-18,23,25,30H,19H2,1-3H3. The number of hydrogen-bond acceptors (Lipinski definition) is 3. The molecule has 4 rings (SSSR count). The van der Waals surface area contributed by atoms with Gasteiger partial charge in [0.2, 0.25) is 0 Å². The molecule has 1 fully saturated rings. The average molecular weight is 420 g/mol. The molecule has 2 atom stereocenters. The van der Waals surface area contributed by atoms with Crippen molar-refractivity contribution in [3.63, 3.8) is 0 Å². The molecule has 1 heterocycles. The van der Waals surface area contributed by atoms with Crippen LogP contribution in [0.3, 0.4) is 0 Å². The fourth-order valence-corrected chi connectivity index (χ4v) is 11.4. The predicted octanol–water partition coefficient (Wildman–Crippen LogP) is 4.03. The van der Waals surface area contributed by atoms with Gasteiger partial charge in [-0.2, -0.15) is 0 Å². The summed E-state index contributed by atoms with van der Waals surface area (Å²) < 4.78 is 11.2. The first-order chi connectivity index (χ1) is 14.5. The minimum atomic E-state index is -2.62. The number of ether oxygens (including phenoxy) is 2. The number of cyclic esters (lactones) is 1. The van der Waals surface area contributed by atoms with Crippen LogP contribution in [0, 0.1) is 5.92 Å². The van der Waals surface area contributed by atoms with E-state index in [0.29, 0.717) is 6.42 Å². The number of carbonyl (C=O) groups is 1. The van der Waals surface area contributed by atoms with E-state index in [1.807, 2.05) is 0 Å². The van der Waals surface area contributed by atoms with Crippen LogP contribution in [-0.2, 0) is 14.3 Å². The Morgan fingerprint density at radius 2 is 1.20 bits per heavy atom. The SMILES string of the molecule is COC1OC(=O)CC1C(C)(C)[PH](c1ccccc1)(c1ccccc1)c1ccccc1. The molecule has 1 aliphatic rings. The van der Waals surface area contributed by atoms with Crippen molar-refractivity contribution in [3.8, 4) is 0 Å². The van der Waals surface area contributed by atoms with Gasteiger partial charge in [0.1, 0.15) is 0 Å². The van der Waals surface area contributed by atoms with Crippen molar-refractivity contribution in [1.29, 1.82) is 0 Å². The van der Waals surface area contributed by atoms with Gasteiger partial charge in [0.05, 0.1) is 0 Å². The minimum absolute atomic E-state index is 0.0534. The summed E-state index contributed by atoms with van der Waals surface area (Å²) in [5, 5.41) is 3.69. The van der Waals surface area contributed by atoms with E-state index in [-0.39, 0.29) is 17.0 Å². The predicted molar refractivity (Wildman–Crippen MR) is 126 cm³/mol. The number of carbonyl (C=O) groups excluding carboxylic acids is 1. The van der Waals surface area contributed by atoms with Crippen LogP contribution in [0.1, 0.15) is 20.3 Å². The third-order valence-electron chi connectivity index (χ3n) is 6.71. The maximum absolute atomic E-state index is 12.3. The van der Waals surface area contributed by atoms with Gasteiger partial charge in [-0.15, -0.1) is 0 Å². The van der Waals surface area contributed by atoms with Gasteiger partial charge in [0.25, 0.3) is 0 Å². The van der Waals surface area contributed by atoms with Crippen LogP contribution in [0.2, 0.25) is 0 Å². The Morgan fingerprint density at radius 3 is 1.57 bits per heavy atom. The zero-order valence-corrected chi connectivity index (χ0v) is 18.7. The van der Waals surface area contributed by atoms with E-state index in [0.717, 1.165) is 0 Å². The van der Waals surface area contributed by atoms with Crippen LogP contribution in [0.5, 0.6) is 0 Å². The monoisotopic (exact) mass is 420 g/mol. The molecule has 1 saturated heterocycles. The molecule has 0 saturated carbocycles. The number of rotatable bonds is 6. The van der Waals surface area contributed by atoms with E-state index < -0.39 is 13.6 Å². The van der Waals surface area contributed by atoms with Crippen LogP contribution in [0.15, 0.2) is 91.0 Å². The molecule has 0 amide bonds. The Hall–Kier alpha value is -2.48. The van der Waals surface area contributed by atoms with Crippen molar-refractivity contribution in [2.45, 2.75) is 31.7 Å². The van der Waals surface area contributed by atoms with Crippen LogP contribution < -0.4 is 15.9 Å². The quantitative estimate of drug-likeness (QED) is 0.446. The Morgan fingerprint density at radius 1 is 0.800 bits per heavy atom. The van der Waals surface area contributed by atoms with E-state index in [2.05, 4.69) is 105 Å². The average Bonchev–Trinajstić information content (AvgIpc) is 3.18. The van der Waals surface area contributed by atoms with Crippen molar-refractivity contribution in [3.05, 3.63) is 91.0 Å². The Labute approximate surface area is 179 Å². The second-order valence-electron chi connectivity index (χ2n) is 8.47. The third kappa shape index (κ3) is 3.27. The van der Waals surface area contributed by atoms with E-state index in [1.54, 1.807) is 7.11 Å². The molecular weight excluding hydrogens is 391 g/mol. The molecule has 0 aliphatic carbocycles. The van der Waals surface area contributed by atoms with Crippen LogP contribution in [-0.4, -0.2) is 24.5 Å². The van der Waals surface area contributed by atoms with Crippen molar-refractivity contribution < 1.29 is 14.3 Å². The van der Waals surface area contributed by atoms with Crippen LogP contribution in [0.4, 0.5) is 0 Å². The molecule has 3 aromatic rings. The molecule has 0 spiro atoms. The van der Waals surface area contributed by atoms with Gasteiger partial charge in [0.15, 0.2) is 0 Å². The second kappa shape index (κ2) is 8.34. The van der Waals surface area contributed by atoms with Gasteiger partial charge in [-0.1, -0.05) is 0 Å². The van der Waals surface area contributed by atoms with E-state index in [1.165, 1.54) is 15.9 Å². The Bertz CT molecular complexity index is 890. The molecular formula is C26H29O3P. The van der Waals surface area contributed by atoms with Gasteiger partial charge in [-0.3, -0.25) is 0 Å². The van der Waals surface area contributed by atoms with E-state index >= 15 is 0 Å². The van der Waals surface area contributed by atoms with Crippen LogP contribution in [0.25, 0.3) is 0 Å². The fourth-order valence-electron chi connectivity index (χ4n) is 5.30. The molecule has 0 bridgehead atoms. The zero-order valence-electron chi connectivity index (χ0n) is 17.7. The van der Waals surface area contributed by atoms with Gasteiger partial charge in [-0.25, -0.2) is 0 Å². The summed E-state index contributed by atoms with van der Waals surface area (Å²) in [7, 11) is -0.988. The Kier molecular flexibility index (Phi) is 5.77. The first-order valence-corrected chi connectivity index (χ1v) is 12.4. The Balaban J connectivity index is 2.06. The van der Waals surface area contributed by atoms with Gasteiger partial charge in [-0.05, 0) is 0 Å². The van der Waals surface area contributed by atoms with Crippen molar-refractivity contribution in [1.82, 2.24) is 0 Å². The summed E-state index contributed by atoms with van der Waals surface area (Å²) in [4.78, 5) is 12.3. The number of methoxy groups -OCH3 is 1. The van der Waals surface area contributed by atoms with Gasteiger partial charge >= 0.3 is 179 Å². The molecule has 0 radical (unpaired) electrons. The molecule has 0 aromatic heterocycles. The maximum atomic E-state index is 12.3. The summed E-state index contributed by atoms with van der Waals surface area (Å²) in [5.74, 6) is -0.237. The molecule has 156 valence electrons. The number of esters is 1. The molecule has 2 unspecified atom stereocenters. The van der Waals surface area contributed by atoms with Gasteiger partial charge in [0, 0.05) is 0 Å². The normalized spacial score (nSPS) is 20.0. The fraction of sp³-hybridized carbons (Fsp3) is 0.269. The molecule has 30 heavy (non-hydrogen) atoms. The van der Waals surface area contributed by atoms with Crippen molar-refractivity contribution in [2.24, 2.45) is 5.92 Å². The third-order valence-corrected chi connectivity index (χ3v) is 12.6. The topological polar surface area (TPSA) is 35.5 Å². The summed E-state index contributed by atoms with van der Waals surface area (Å²) in [5.41, 5.74) is 0. The number of benzene rings is 3. The number of hydrogen-bond donors (Lipinski definition) is 0. The molecule has 0 N–H and O–H groups in total. The summed E-state index contributed by atoms with van der Waals surface area (Å²) in [6.45, 7) is 4.59. The van der Waals surface area contributed by atoms with Crippen molar-refractivity contribution >= 4 is 29.1 Å². The molecule has 3 nitrogen and oxygen atoms in total. The molecule has 4 heteroatoms. The first-order valence-electron chi connectivity index (χ1n) is 10.4. The van der Waals surface area contributed by atoms with Gasteiger partial charge < -0.3 is 0 Å². The van der Waals surface area contributed by atoms with Crippen LogP contribution >= 0.6 is 7.26 Å². The van der Waals surface area contributed by atoms with Crippen molar-refractivity contribution in [2.75, 3.05) is 7.11 Å². The van der Waals surface area contributed by atoms with E-state index in [9.17, 15) is 4.79 Å². The zero-order chi connectivity index (χ0) is 21.2.